The van der Waals surface area contributed by atoms with Crippen LogP contribution in [0.15, 0.2) is 30.5 Å². The maximum Gasteiger partial charge on any atom is 0.221 e. The standard InChI is InChI=1S/C16H20N2O2/c17-14-4-2-1-3-5-15(14)20-16-13-10-12(19)7-6-11(13)8-9-18-16/h6-10,14-15,19H,1-5,17H2. The van der Waals surface area contributed by atoms with Crippen molar-refractivity contribution in [2.75, 3.05) is 0 Å². The summed E-state index contributed by atoms with van der Waals surface area (Å²) in [5.41, 5.74) is 6.20. The monoisotopic (exact) mass is 272 g/mol. The SMILES string of the molecule is NC1CCCCCC1Oc1nccc2ccc(O)cc12. The van der Waals surface area contributed by atoms with Crippen molar-refractivity contribution in [1.82, 2.24) is 4.98 Å². The molecule has 106 valence electrons. The number of ether oxygens (including phenoxy) is 1. The maximum absolute atomic E-state index is 9.65. The molecule has 3 rings (SSSR count). The lowest BCUT2D eigenvalue weighted by atomic mass is 10.1. The normalized spacial score (nSPS) is 23.4. The molecule has 1 heterocycles. The van der Waals surface area contributed by atoms with E-state index in [0.29, 0.717) is 5.88 Å². The maximum atomic E-state index is 9.65. The van der Waals surface area contributed by atoms with Gasteiger partial charge in [0.05, 0.1) is 0 Å². The van der Waals surface area contributed by atoms with Crippen molar-refractivity contribution >= 4 is 10.8 Å². The molecular weight excluding hydrogens is 252 g/mol. The molecule has 2 unspecified atom stereocenters. The van der Waals surface area contributed by atoms with Gasteiger partial charge in [0.1, 0.15) is 11.9 Å². The third-order valence-electron chi connectivity index (χ3n) is 3.98. The molecule has 0 spiro atoms. The molecule has 1 aromatic heterocycles. The summed E-state index contributed by atoms with van der Waals surface area (Å²) in [6, 6.07) is 7.21. The predicted octanol–water partition coefficient (Wildman–Crippen LogP) is 2.98. The number of hydrogen-bond donors (Lipinski definition) is 2. The molecule has 2 aromatic rings. The molecule has 0 radical (unpaired) electrons. The Morgan fingerprint density at radius 1 is 1.15 bits per heavy atom. The second-order valence-corrected chi connectivity index (χ2v) is 5.48. The van der Waals surface area contributed by atoms with E-state index < -0.39 is 0 Å². The number of aromatic hydroxyl groups is 1. The van der Waals surface area contributed by atoms with E-state index in [-0.39, 0.29) is 17.9 Å². The lowest BCUT2D eigenvalue weighted by molar-refractivity contribution is 0.158. The fraction of sp³-hybridized carbons (Fsp3) is 0.438. The van der Waals surface area contributed by atoms with Gasteiger partial charge >= 0.3 is 0 Å². The van der Waals surface area contributed by atoms with Crippen LogP contribution in [0.2, 0.25) is 0 Å². The summed E-state index contributed by atoms with van der Waals surface area (Å²) < 4.78 is 6.07. The van der Waals surface area contributed by atoms with Crippen LogP contribution in [0, 0.1) is 0 Å². The zero-order valence-electron chi connectivity index (χ0n) is 11.5. The van der Waals surface area contributed by atoms with Gasteiger partial charge in [0, 0.05) is 17.6 Å². The molecule has 4 heteroatoms. The largest absolute Gasteiger partial charge is 0.508 e. The molecule has 3 N–H and O–H groups in total. The lowest BCUT2D eigenvalue weighted by Gasteiger charge is -2.22. The number of nitrogens with zero attached hydrogens (tertiary/aromatic N) is 1. The topological polar surface area (TPSA) is 68.4 Å². The summed E-state index contributed by atoms with van der Waals surface area (Å²) in [6.07, 6.45) is 7.25. The summed E-state index contributed by atoms with van der Waals surface area (Å²) in [4.78, 5) is 4.32. The van der Waals surface area contributed by atoms with Crippen molar-refractivity contribution < 1.29 is 9.84 Å². The van der Waals surface area contributed by atoms with Gasteiger partial charge in [-0.05, 0) is 42.8 Å². The first-order valence-electron chi connectivity index (χ1n) is 7.24. The van der Waals surface area contributed by atoms with E-state index in [1.807, 2.05) is 12.1 Å². The molecule has 0 aliphatic heterocycles. The summed E-state index contributed by atoms with van der Waals surface area (Å²) in [5.74, 6) is 0.793. The minimum absolute atomic E-state index is 0.0120. The van der Waals surface area contributed by atoms with Gasteiger partial charge in [-0.25, -0.2) is 4.98 Å². The van der Waals surface area contributed by atoms with E-state index in [1.54, 1.807) is 18.3 Å². The molecule has 2 atom stereocenters. The molecular formula is C16H20N2O2. The molecule has 1 aliphatic rings. The van der Waals surface area contributed by atoms with Crippen LogP contribution in [-0.4, -0.2) is 22.2 Å². The number of fused-ring (bicyclic) bond motifs is 1. The highest BCUT2D eigenvalue weighted by atomic mass is 16.5. The Morgan fingerprint density at radius 2 is 2.00 bits per heavy atom. The highest BCUT2D eigenvalue weighted by Crippen LogP contribution is 2.29. The molecule has 1 aliphatic carbocycles. The first kappa shape index (κ1) is 13.2. The van der Waals surface area contributed by atoms with Gasteiger partial charge in [-0.1, -0.05) is 18.9 Å². The number of phenols is 1. The van der Waals surface area contributed by atoms with Gasteiger partial charge in [0.15, 0.2) is 0 Å². The van der Waals surface area contributed by atoms with Crippen LogP contribution in [0.4, 0.5) is 0 Å². The van der Waals surface area contributed by atoms with E-state index in [0.717, 1.165) is 30.0 Å². The van der Waals surface area contributed by atoms with Crippen molar-refractivity contribution in [3.8, 4) is 11.6 Å². The average molecular weight is 272 g/mol. The van der Waals surface area contributed by atoms with Crippen LogP contribution in [0.3, 0.4) is 0 Å². The van der Waals surface area contributed by atoms with E-state index in [2.05, 4.69) is 4.98 Å². The van der Waals surface area contributed by atoms with Gasteiger partial charge in [-0.3, -0.25) is 0 Å². The number of hydrogen-bond acceptors (Lipinski definition) is 4. The molecule has 1 aromatic carbocycles. The third-order valence-corrected chi connectivity index (χ3v) is 3.98. The number of nitrogens with two attached hydrogens (primary N) is 1. The van der Waals surface area contributed by atoms with Crippen LogP contribution < -0.4 is 10.5 Å². The van der Waals surface area contributed by atoms with Crippen molar-refractivity contribution in [3.05, 3.63) is 30.5 Å². The first-order chi connectivity index (χ1) is 9.74. The average Bonchev–Trinajstić information content (AvgIpc) is 2.65. The fourth-order valence-corrected chi connectivity index (χ4v) is 2.82. The summed E-state index contributed by atoms with van der Waals surface area (Å²) in [7, 11) is 0. The Bertz CT molecular complexity index is 600. The quantitative estimate of drug-likeness (QED) is 0.825. The second-order valence-electron chi connectivity index (χ2n) is 5.48. The minimum Gasteiger partial charge on any atom is -0.508 e. The van der Waals surface area contributed by atoms with E-state index in [4.69, 9.17) is 10.5 Å². The zero-order valence-corrected chi connectivity index (χ0v) is 11.5. The lowest BCUT2D eigenvalue weighted by Crippen LogP contribution is -2.38. The Morgan fingerprint density at radius 3 is 2.90 bits per heavy atom. The van der Waals surface area contributed by atoms with Crippen LogP contribution in [0.5, 0.6) is 11.6 Å². The highest BCUT2D eigenvalue weighted by molar-refractivity contribution is 5.87. The van der Waals surface area contributed by atoms with Gasteiger partial charge < -0.3 is 15.6 Å². The van der Waals surface area contributed by atoms with E-state index in [9.17, 15) is 5.11 Å². The number of aromatic nitrogens is 1. The van der Waals surface area contributed by atoms with Crippen molar-refractivity contribution in [3.63, 3.8) is 0 Å². The minimum atomic E-state index is 0.0120. The Kier molecular flexibility index (Phi) is 3.74. The highest BCUT2D eigenvalue weighted by Gasteiger charge is 2.23. The van der Waals surface area contributed by atoms with Crippen molar-refractivity contribution in [2.24, 2.45) is 5.73 Å². The first-order valence-corrected chi connectivity index (χ1v) is 7.24. The summed E-state index contributed by atoms with van der Waals surface area (Å²) >= 11 is 0. The number of benzene rings is 1. The molecule has 1 saturated carbocycles. The van der Waals surface area contributed by atoms with Gasteiger partial charge in [-0.2, -0.15) is 0 Å². The Hall–Kier alpha value is -1.81. The molecule has 0 bridgehead atoms. The van der Waals surface area contributed by atoms with Crippen LogP contribution in [0.25, 0.3) is 10.8 Å². The Balaban J connectivity index is 1.91. The van der Waals surface area contributed by atoms with Crippen LogP contribution in [-0.2, 0) is 0 Å². The van der Waals surface area contributed by atoms with Gasteiger partial charge in [0.2, 0.25) is 5.88 Å². The molecule has 0 amide bonds. The fourth-order valence-electron chi connectivity index (χ4n) is 2.82. The van der Waals surface area contributed by atoms with E-state index in [1.165, 1.54) is 12.8 Å². The van der Waals surface area contributed by atoms with Gasteiger partial charge in [0.25, 0.3) is 0 Å². The number of phenolic OH excluding ortho intramolecular Hbond substituents is 1. The predicted molar refractivity (Wildman–Crippen MR) is 78.9 cm³/mol. The van der Waals surface area contributed by atoms with Crippen molar-refractivity contribution in [2.45, 2.75) is 44.2 Å². The van der Waals surface area contributed by atoms with E-state index >= 15 is 0 Å². The summed E-state index contributed by atoms with van der Waals surface area (Å²) in [5, 5.41) is 11.5. The number of rotatable bonds is 2. The van der Waals surface area contributed by atoms with Gasteiger partial charge in [-0.15, -0.1) is 0 Å². The zero-order chi connectivity index (χ0) is 13.9. The molecule has 1 fully saturated rings. The molecule has 4 nitrogen and oxygen atoms in total. The van der Waals surface area contributed by atoms with Crippen LogP contribution >= 0.6 is 0 Å². The summed E-state index contributed by atoms with van der Waals surface area (Å²) in [6.45, 7) is 0. The Labute approximate surface area is 118 Å². The smallest absolute Gasteiger partial charge is 0.221 e. The van der Waals surface area contributed by atoms with Crippen LogP contribution in [0.1, 0.15) is 32.1 Å². The molecule has 20 heavy (non-hydrogen) atoms. The number of pyridine rings is 1. The molecule has 0 saturated heterocycles. The second kappa shape index (κ2) is 5.67. The third kappa shape index (κ3) is 2.70. The van der Waals surface area contributed by atoms with Crippen molar-refractivity contribution in [1.29, 1.82) is 0 Å².